The predicted octanol–water partition coefficient (Wildman–Crippen LogP) is 7.27. The van der Waals surface area contributed by atoms with E-state index in [1.165, 1.54) is 0 Å². The highest BCUT2D eigenvalue weighted by Crippen LogP contribution is 2.35. The lowest BCUT2D eigenvalue weighted by Gasteiger charge is -2.30. The smallest absolute Gasteiger partial charge is 0.162 e. The summed E-state index contributed by atoms with van der Waals surface area (Å²) in [4.78, 5) is 22.2. The first-order valence-electron chi connectivity index (χ1n) is 12.8. The zero-order valence-electron chi connectivity index (χ0n) is 23.3. The van der Waals surface area contributed by atoms with Crippen molar-refractivity contribution in [2.75, 3.05) is 38.3 Å². The van der Waals surface area contributed by atoms with E-state index in [1.54, 1.807) is 18.4 Å². The average Bonchev–Trinajstić information content (AvgIpc) is 3.33. The summed E-state index contributed by atoms with van der Waals surface area (Å²) in [7, 11) is 1.67. The maximum atomic E-state index is 10.3. The van der Waals surface area contributed by atoms with Gasteiger partial charge in [-0.2, -0.15) is 0 Å². The van der Waals surface area contributed by atoms with Gasteiger partial charge < -0.3 is 19.2 Å². The fourth-order valence-corrected chi connectivity index (χ4v) is 5.31. The fraction of sp³-hybridized carbons (Fsp3) is 0.552. The number of carbonyl (C=O) groups excluding carboxylic acids is 1. The van der Waals surface area contributed by atoms with Crippen molar-refractivity contribution in [2.45, 2.75) is 61.3 Å². The van der Waals surface area contributed by atoms with Gasteiger partial charge in [-0.05, 0) is 40.8 Å². The molecule has 0 amide bonds. The Bertz CT molecular complexity index is 1080. The molecule has 1 aliphatic heterocycles. The van der Waals surface area contributed by atoms with Crippen LogP contribution in [0.3, 0.4) is 0 Å². The highest BCUT2D eigenvalue weighted by Gasteiger charge is 2.24. The van der Waals surface area contributed by atoms with E-state index in [0.717, 1.165) is 72.2 Å². The summed E-state index contributed by atoms with van der Waals surface area (Å²) in [6.07, 6.45) is 2.79. The Hall–Kier alpha value is -2.51. The molecule has 1 fully saturated rings. The van der Waals surface area contributed by atoms with Crippen molar-refractivity contribution < 1.29 is 14.3 Å². The van der Waals surface area contributed by atoms with Crippen LogP contribution in [-0.4, -0.2) is 49.7 Å². The molecule has 0 bridgehead atoms. The van der Waals surface area contributed by atoms with Gasteiger partial charge in [0.1, 0.15) is 12.0 Å². The Morgan fingerprint density at radius 1 is 1.08 bits per heavy atom. The molecule has 4 rings (SSSR count). The monoisotopic (exact) mass is 513 g/mol. The van der Waals surface area contributed by atoms with E-state index in [0.29, 0.717) is 11.8 Å². The molecule has 0 atom stereocenters. The number of hydrogen-bond acceptors (Lipinski definition) is 7. The Kier molecular flexibility index (Phi) is 11.3. The molecule has 3 aromatic rings. The van der Waals surface area contributed by atoms with Crippen LogP contribution >= 0.6 is 11.3 Å². The number of rotatable bonds is 6. The number of hydrogen-bond donors (Lipinski definition) is 0. The normalized spacial score (nSPS) is 13.8. The number of nitrogens with zero attached hydrogens (tertiary/aromatic N) is 3. The number of carbonyl (C=O) groups is 1. The molecule has 0 N–H and O–H groups in total. The second-order valence-electron chi connectivity index (χ2n) is 10.6. The topological polar surface area (TPSA) is 64.5 Å². The SMILES string of the molecule is CC.CC(C)(C)CC(C)(C)CC=O.COc1cccc(-c2nc(N3CCOCC3)c3sccc3n2)c1. The first-order valence-corrected chi connectivity index (χ1v) is 13.7. The summed E-state index contributed by atoms with van der Waals surface area (Å²) in [6.45, 7) is 18.1. The second kappa shape index (κ2) is 13.7. The van der Waals surface area contributed by atoms with Crippen molar-refractivity contribution in [3.63, 3.8) is 0 Å². The Morgan fingerprint density at radius 3 is 2.39 bits per heavy atom. The highest BCUT2D eigenvalue weighted by atomic mass is 32.1. The Morgan fingerprint density at radius 2 is 1.78 bits per heavy atom. The number of aromatic nitrogens is 2. The van der Waals surface area contributed by atoms with E-state index in [4.69, 9.17) is 19.4 Å². The molecule has 1 saturated heterocycles. The molecule has 0 saturated carbocycles. The minimum Gasteiger partial charge on any atom is -0.497 e. The van der Waals surface area contributed by atoms with Crippen LogP contribution in [-0.2, 0) is 9.53 Å². The molecule has 2 aromatic heterocycles. The summed E-state index contributed by atoms with van der Waals surface area (Å²) in [5.41, 5.74) is 2.45. The first kappa shape index (κ1) is 29.7. The largest absolute Gasteiger partial charge is 0.497 e. The molecule has 0 radical (unpaired) electrons. The van der Waals surface area contributed by atoms with Gasteiger partial charge in [-0.15, -0.1) is 11.3 Å². The lowest BCUT2D eigenvalue weighted by atomic mass is 9.75. The molecule has 0 unspecified atom stereocenters. The Labute approximate surface area is 221 Å². The van der Waals surface area contributed by atoms with E-state index < -0.39 is 0 Å². The molecule has 6 nitrogen and oxygen atoms in total. The van der Waals surface area contributed by atoms with Gasteiger partial charge in [0.15, 0.2) is 11.6 Å². The van der Waals surface area contributed by atoms with Crippen molar-refractivity contribution in [3.05, 3.63) is 35.7 Å². The van der Waals surface area contributed by atoms with Crippen LogP contribution < -0.4 is 9.64 Å². The maximum Gasteiger partial charge on any atom is 0.162 e. The number of benzene rings is 1. The molecule has 198 valence electrons. The highest BCUT2D eigenvalue weighted by molar-refractivity contribution is 7.17. The standard InChI is InChI=1S/C17H17N3O2S.C10H20O.C2H6/c1-21-13-4-2-3-12(11-13)16-18-14-5-10-23-15(14)17(19-16)20-6-8-22-9-7-20;1-9(2,3)8-10(4,5)6-7-11;1-2/h2-5,10-11H,6-9H2,1H3;7H,6,8H2,1-5H3;1-2H3. The van der Waals surface area contributed by atoms with Crippen molar-refractivity contribution in [3.8, 4) is 17.1 Å². The van der Waals surface area contributed by atoms with Crippen molar-refractivity contribution in [1.29, 1.82) is 0 Å². The summed E-state index contributed by atoms with van der Waals surface area (Å²) >= 11 is 1.69. The molecular formula is C29H43N3O3S. The Balaban J connectivity index is 0.000000300. The predicted molar refractivity (Wildman–Crippen MR) is 152 cm³/mol. The quantitative estimate of drug-likeness (QED) is 0.323. The molecule has 7 heteroatoms. The lowest BCUT2D eigenvalue weighted by Crippen LogP contribution is -2.36. The van der Waals surface area contributed by atoms with E-state index in [9.17, 15) is 4.79 Å². The van der Waals surface area contributed by atoms with Crippen LogP contribution in [0.1, 0.15) is 61.3 Å². The van der Waals surface area contributed by atoms with E-state index in [1.807, 2.05) is 38.1 Å². The molecule has 0 aliphatic carbocycles. The van der Waals surface area contributed by atoms with Gasteiger partial charge in [-0.1, -0.05) is 60.6 Å². The summed E-state index contributed by atoms with van der Waals surface area (Å²) in [5, 5.41) is 2.07. The molecular weight excluding hydrogens is 470 g/mol. The maximum absolute atomic E-state index is 10.3. The molecule has 3 heterocycles. The lowest BCUT2D eigenvalue weighted by molar-refractivity contribution is -0.109. The fourth-order valence-electron chi connectivity index (χ4n) is 4.46. The minimum atomic E-state index is 0.167. The van der Waals surface area contributed by atoms with Gasteiger partial charge in [-0.3, -0.25) is 0 Å². The summed E-state index contributed by atoms with van der Waals surface area (Å²) < 4.78 is 11.9. The summed E-state index contributed by atoms with van der Waals surface area (Å²) in [6, 6.07) is 9.92. The van der Waals surface area contributed by atoms with E-state index in [-0.39, 0.29) is 5.41 Å². The zero-order valence-corrected chi connectivity index (χ0v) is 24.1. The average molecular weight is 514 g/mol. The number of morpholine rings is 1. The van der Waals surface area contributed by atoms with Crippen LogP contribution in [0.5, 0.6) is 5.75 Å². The van der Waals surface area contributed by atoms with Crippen LogP contribution in [0.2, 0.25) is 0 Å². The minimum absolute atomic E-state index is 0.167. The number of aldehydes is 1. The number of anilines is 1. The van der Waals surface area contributed by atoms with Gasteiger partial charge in [0.05, 0.1) is 30.5 Å². The number of fused-ring (bicyclic) bond motifs is 1. The van der Waals surface area contributed by atoms with Gasteiger partial charge in [0.25, 0.3) is 0 Å². The number of methoxy groups -OCH3 is 1. The van der Waals surface area contributed by atoms with E-state index in [2.05, 4.69) is 51.0 Å². The van der Waals surface area contributed by atoms with Gasteiger partial charge >= 0.3 is 0 Å². The molecule has 0 spiro atoms. The third-order valence-corrected chi connectivity index (χ3v) is 6.47. The zero-order chi connectivity index (χ0) is 26.8. The van der Waals surface area contributed by atoms with Crippen LogP contribution in [0, 0.1) is 10.8 Å². The van der Waals surface area contributed by atoms with Crippen LogP contribution in [0.25, 0.3) is 21.6 Å². The third kappa shape index (κ3) is 8.86. The third-order valence-electron chi connectivity index (χ3n) is 5.57. The number of ether oxygens (including phenoxy) is 2. The van der Waals surface area contributed by atoms with Crippen LogP contribution in [0.15, 0.2) is 35.7 Å². The summed E-state index contributed by atoms with van der Waals surface area (Å²) in [5.74, 6) is 2.55. The van der Waals surface area contributed by atoms with Crippen molar-refractivity contribution in [2.24, 2.45) is 10.8 Å². The van der Waals surface area contributed by atoms with Gasteiger partial charge in [-0.25, -0.2) is 9.97 Å². The molecule has 1 aliphatic rings. The second-order valence-corrected chi connectivity index (χ2v) is 11.5. The number of thiophene rings is 1. The van der Waals surface area contributed by atoms with Crippen molar-refractivity contribution >= 4 is 33.7 Å². The van der Waals surface area contributed by atoms with E-state index >= 15 is 0 Å². The van der Waals surface area contributed by atoms with Crippen molar-refractivity contribution in [1.82, 2.24) is 9.97 Å². The van der Waals surface area contributed by atoms with Gasteiger partial charge in [0.2, 0.25) is 0 Å². The molecule has 36 heavy (non-hydrogen) atoms. The molecule has 1 aromatic carbocycles. The van der Waals surface area contributed by atoms with Crippen LogP contribution in [0.4, 0.5) is 5.82 Å². The van der Waals surface area contributed by atoms with Gasteiger partial charge in [0, 0.05) is 25.1 Å². The first-order chi connectivity index (χ1) is 17.1.